The standard InChI is InChI=1S/C28H40N2O2/c1-5-29(6-2)19-9-11-26(31)22-15-13-21-14-16-24-23(17-18-25(22)28(21)24)27(32)12-10-20-30(7-3)8-4/h13,15,17-18H,5-12,14,16,19-20H2,1-4H3. The lowest BCUT2D eigenvalue weighted by atomic mass is 9.92. The molecule has 4 nitrogen and oxygen atoms in total. The minimum Gasteiger partial charge on any atom is -0.304 e. The van der Waals surface area contributed by atoms with Crippen LogP contribution < -0.4 is 0 Å². The van der Waals surface area contributed by atoms with E-state index < -0.39 is 0 Å². The van der Waals surface area contributed by atoms with Crippen LogP contribution in [-0.4, -0.2) is 60.6 Å². The van der Waals surface area contributed by atoms with Gasteiger partial charge in [-0.3, -0.25) is 9.59 Å². The van der Waals surface area contributed by atoms with Crippen molar-refractivity contribution < 1.29 is 9.59 Å². The highest BCUT2D eigenvalue weighted by molar-refractivity contribution is 6.12. The summed E-state index contributed by atoms with van der Waals surface area (Å²) in [4.78, 5) is 30.8. The molecular formula is C28H40N2O2. The maximum absolute atomic E-state index is 13.1. The van der Waals surface area contributed by atoms with Gasteiger partial charge in [0.15, 0.2) is 11.6 Å². The molecular weight excluding hydrogens is 396 g/mol. The molecule has 2 aromatic rings. The molecule has 2 aromatic carbocycles. The van der Waals surface area contributed by atoms with Gasteiger partial charge < -0.3 is 9.80 Å². The average molecular weight is 437 g/mol. The van der Waals surface area contributed by atoms with Gasteiger partial charge >= 0.3 is 0 Å². The van der Waals surface area contributed by atoms with Gasteiger partial charge in [-0.1, -0.05) is 52.0 Å². The zero-order chi connectivity index (χ0) is 23.1. The molecule has 0 bridgehead atoms. The highest BCUT2D eigenvalue weighted by Gasteiger charge is 2.23. The second-order valence-electron chi connectivity index (χ2n) is 8.89. The Morgan fingerprint density at radius 1 is 0.719 bits per heavy atom. The molecule has 0 amide bonds. The third kappa shape index (κ3) is 5.47. The third-order valence-corrected chi connectivity index (χ3v) is 7.17. The molecule has 1 aliphatic carbocycles. The molecule has 174 valence electrons. The summed E-state index contributed by atoms with van der Waals surface area (Å²) < 4.78 is 0. The van der Waals surface area contributed by atoms with Crippen LogP contribution in [0.25, 0.3) is 10.8 Å². The number of hydrogen-bond acceptors (Lipinski definition) is 4. The van der Waals surface area contributed by atoms with Crippen LogP contribution >= 0.6 is 0 Å². The fourth-order valence-corrected chi connectivity index (χ4v) is 5.10. The Morgan fingerprint density at radius 2 is 1.25 bits per heavy atom. The number of nitrogens with zero attached hydrogens (tertiary/aromatic N) is 2. The smallest absolute Gasteiger partial charge is 0.163 e. The number of rotatable bonds is 14. The molecule has 0 aliphatic heterocycles. The van der Waals surface area contributed by atoms with E-state index in [1.165, 1.54) is 16.5 Å². The maximum Gasteiger partial charge on any atom is 0.163 e. The number of carbonyl (C=O) groups excluding carboxylic acids is 2. The van der Waals surface area contributed by atoms with Crippen LogP contribution in [0, 0.1) is 0 Å². The molecule has 0 unspecified atom stereocenters. The van der Waals surface area contributed by atoms with Crippen molar-refractivity contribution >= 4 is 22.3 Å². The second kappa shape index (κ2) is 11.7. The van der Waals surface area contributed by atoms with Gasteiger partial charge in [-0.25, -0.2) is 0 Å². The van der Waals surface area contributed by atoms with E-state index in [2.05, 4.69) is 43.6 Å². The molecule has 0 aromatic heterocycles. The van der Waals surface area contributed by atoms with E-state index in [-0.39, 0.29) is 11.6 Å². The van der Waals surface area contributed by atoms with Crippen LogP contribution in [0.4, 0.5) is 0 Å². The Bertz CT molecular complexity index is 942. The molecule has 0 atom stereocenters. The van der Waals surface area contributed by atoms with E-state index in [0.717, 1.165) is 81.5 Å². The first-order valence-electron chi connectivity index (χ1n) is 12.6. The van der Waals surface area contributed by atoms with Crippen molar-refractivity contribution in [2.45, 2.75) is 66.2 Å². The molecule has 0 radical (unpaired) electrons. The topological polar surface area (TPSA) is 40.6 Å². The average Bonchev–Trinajstić information content (AvgIpc) is 3.25. The van der Waals surface area contributed by atoms with Crippen molar-refractivity contribution in [3.63, 3.8) is 0 Å². The van der Waals surface area contributed by atoms with Gasteiger partial charge in [0, 0.05) is 24.0 Å². The van der Waals surface area contributed by atoms with E-state index >= 15 is 0 Å². The van der Waals surface area contributed by atoms with Gasteiger partial charge in [0.1, 0.15) is 0 Å². The molecule has 3 rings (SSSR count). The van der Waals surface area contributed by atoms with Gasteiger partial charge in [0.25, 0.3) is 0 Å². The lowest BCUT2D eigenvalue weighted by molar-refractivity contribution is 0.0968. The quantitative estimate of drug-likeness (QED) is 0.364. The van der Waals surface area contributed by atoms with E-state index in [1.54, 1.807) is 0 Å². The number of Topliss-reactive ketones (excluding diaryl/α,β-unsaturated/α-hetero) is 2. The molecule has 0 saturated heterocycles. The van der Waals surface area contributed by atoms with Gasteiger partial charge in [-0.2, -0.15) is 0 Å². The first-order valence-corrected chi connectivity index (χ1v) is 12.6. The monoisotopic (exact) mass is 436 g/mol. The van der Waals surface area contributed by atoms with Crippen LogP contribution in [0.1, 0.15) is 85.2 Å². The lowest BCUT2D eigenvalue weighted by Crippen LogP contribution is -2.24. The number of hydrogen-bond donors (Lipinski definition) is 0. The molecule has 0 heterocycles. The first kappa shape index (κ1) is 24.6. The summed E-state index contributed by atoms with van der Waals surface area (Å²) in [6.07, 6.45) is 4.83. The predicted molar refractivity (Wildman–Crippen MR) is 134 cm³/mol. The van der Waals surface area contributed by atoms with E-state index in [9.17, 15) is 9.59 Å². The molecule has 4 heteroatoms. The fraction of sp³-hybridized carbons (Fsp3) is 0.571. The van der Waals surface area contributed by atoms with Gasteiger partial charge in [-0.05, 0) is 86.9 Å². The molecule has 0 spiro atoms. The summed E-state index contributed by atoms with van der Waals surface area (Å²) in [5.41, 5.74) is 4.16. The summed E-state index contributed by atoms with van der Waals surface area (Å²) in [5, 5.41) is 2.22. The third-order valence-electron chi connectivity index (χ3n) is 7.17. The van der Waals surface area contributed by atoms with Crippen LogP contribution in [0.15, 0.2) is 24.3 Å². The van der Waals surface area contributed by atoms with E-state index in [0.29, 0.717) is 12.8 Å². The van der Waals surface area contributed by atoms with Gasteiger partial charge in [0.2, 0.25) is 0 Å². The van der Waals surface area contributed by atoms with Gasteiger partial charge in [0.05, 0.1) is 0 Å². The van der Waals surface area contributed by atoms with Crippen molar-refractivity contribution in [2.75, 3.05) is 39.3 Å². The Hall–Kier alpha value is -2.04. The van der Waals surface area contributed by atoms with Crippen LogP contribution in [0.2, 0.25) is 0 Å². The van der Waals surface area contributed by atoms with Crippen molar-refractivity contribution in [2.24, 2.45) is 0 Å². The summed E-state index contributed by atoms with van der Waals surface area (Å²) in [6.45, 7) is 14.7. The SMILES string of the molecule is CCN(CC)CCCC(=O)c1ccc2c(C(=O)CCCN(CC)CC)ccc3c2c1CC3. The number of carbonyl (C=O) groups is 2. The Morgan fingerprint density at radius 3 is 1.81 bits per heavy atom. The van der Waals surface area contributed by atoms with Crippen LogP contribution in [0.5, 0.6) is 0 Å². The highest BCUT2D eigenvalue weighted by Crippen LogP contribution is 2.36. The largest absolute Gasteiger partial charge is 0.304 e. The summed E-state index contributed by atoms with van der Waals surface area (Å²) in [5.74, 6) is 0.470. The van der Waals surface area contributed by atoms with Crippen molar-refractivity contribution in [3.8, 4) is 0 Å². The van der Waals surface area contributed by atoms with Crippen LogP contribution in [-0.2, 0) is 12.8 Å². The second-order valence-corrected chi connectivity index (χ2v) is 8.89. The lowest BCUT2D eigenvalue weighted by Gasteiger charge is -2.18. The molecule has 0 N–H and O–H groups in total. The van der Waals surface area contributed by atoms with Crippen LogP contribution in [0.3, 0.4) is 0 Å². The van der Waals surface area contributed by atoms with Crippen molar-refractivity contribution in [3.05, 3.63) is 46.5 Å². The minimum atomic E-state index is 0.222. The Balaban J connectivity index is 1.76. The molecule has 0 fully saturated rings. The highest BCUT2D eigenvalue weighted by atomic mass is 16.1. The van der Waals surface area contributed by atoms with Gasteiger partial charge in [-0.15, -0.1) is 0 Å². The fourth-order valence-electron chi connectivity index (χ4n) is 5.10. The maximum atomic E-state index is 13.1. The summed E-state index contributed by atoms with van der Waals surface area (Å²) >= 11 is 0. The van der Waals surface area contributed by atoms with E-state index in [4.69, 9.17) is 0 Å². The number of ketones is 2. The number of benzene rings is 2. The first-order chi connectivity index (χ1) is 15.5. The Labute approximate surface area is 194 Å². The van der Waals surface area contributed by atoms with Crippen molar-refractivity contribution in [1.82, 2.24) is 9.80 Å². The normalized spacial score (nSPS) is 12.9. The zero-order valence-corrected chi connectivity index (χ0v) is 20.5. The zero-order valence-electron chi connectivity index (χ0n) is 20.5. The molecule has 0 saturated carbocycles. The predicted octanol–water partition coefficient (Wildman–Crippen LogP) is 5.55. The number of aryl methyl sites for hydroxylation is 2. The van der Waals surface area contributed by atoms with E-state index in [1.807, 2.05) is 18.2 Å². The molecule has 32 heavy (non-hydrogen) atoms. The van der Waals surface area contributed by atoms with Crippen molar-refractivity contribution in [1.29, 1.82) is 0 Å². The Kier molecular flexibility index (Phi) is 9.01. The minimum absolute atomic E-state index is 0.222. The molecule has 1 aliphatic rings. The summed E-state index contributed by atoms with van der Waals surface area (Å²) in [6, 6.07) is 8.14. The summed E-state index contributed by atoms with van der Waals surface area (Å²) in [7, 11) is 0.